The van der Waals surface area contributed by atoms with E-state index in [1.807, 2.05) is 6.92 Å². The molecule has 8 nitrogen and oxygen atoms in total. The second-order valence-electron chi connectivity index (χ2n) is 7.28. The first-order valence-corrected chi connectivity index (χ1v) is 10.8. The van der Waals surface area contributed by atoms with Gasteiger partial charge in [0.1, 0.15) is 0 Å². The van der Waals surface area contributed by atoms with Gasteiger partial charge in [-0.3, -0.25) is 9.59 Å². The van der Waals surface area contributed by atoms with Gasteiger partial charge in [-0.15, -0.1) is 0 Å². The van der Waals surface area contributed by atoms with Crippen LogP contribution in [-0.2, 0) is 14.3 Å². The van der Waals surface area contributed by atoms with E-state index in [1.165, 1.54) is 19.3 Å². The molecule has 0 aliphatic heterocycles. The number of hydrogen-bond acceptors (Lipinski definition) is 6. The van der Waals surface area contributed by atoms with Crippen molar-refractivity contribution in [3.05, 3.63) is 58.6 Å². The summed E-state index contributed by atoms with van der Waals surface area (Å²) in [5.74, 6) is -0.552. The van der Waals surface area contributed by atoms with E-state index in [-0.39, 0.29) is 11.9 Å². The molecule has 2 N–H and O–H groups in total. The Bertz CT molecular complexity index is 1060. The van der Waals surface area contributed by atoms with E-state index in [0.717, 1.165) is 12.8 Å². The van der Waals surface area contributed by atoms with E-state index < -0.39 is 18.5 Å². The van der Waals surface area contributed by atoms with Crippen LogP contribution in [0.4, 0.5) is 5.69 Å². The summed E-state index contributed by atoms with van der Waals surface area (Å²) in [6.45, 7) is 1.78. The molecule has 9 heteroatoms. The van der Waals surface area contributed by atoms with E-state index in [1.54, 1.807) is 36.4 Å². The number of anilines is 1. The summed E-state index contributed by atoms with van der Waals surface area (Å²) < 4.78 is 15.7. The van der Waals surface area contributed by atoms with Crippen molar-refractivity contribution in [3.8, 4) is 11.5 Å². The van der Waals surface area contributed by atoms with E-state index in [9.17, 15) is 14.4 Å². The summed E-state index contributed by atoms with van der Waals surface area (Å²) in [6, 6.07) is 10.1. The van der Waals surface area contributed by atoms with Gasteiger partial charge in [0, 0.05) is 23.4 Å². The zero-order chi connectivity index (χ0) is 23.8. The van der Waals surface area contributed by atoms with Gasteiger partial charge < -0.3 is 24.8 Å². The van der Waals surface area contributed by atoms with Crippen molar-refractivity contribution in [3.63, 3.8) is 0 Å². The molecule has 0 atom stereocenters. The average Bonchev–Trinajstić information content (AvgIpc) is 3.60. The molecule has 2 aromatic carbocycles. The van der Waals surface area contributed by atoms with E-state index in [0.29, 0.717) is 39.9 Å². The summed E-state index contributed by atoms with van der Waals surface area (Å²) in [5.41, 5.74) is 1.49. The molecule has 0 saturated heterocycles. The Morgan fingerprint density at radius 1 is 1.18 bits per heavy atom. The van der Waals surface area contributed by atoms with Gasteiger partial charge in [-0.2, -0.15) is 0 Å². The minimum atomic E-state index is -0.701. The molecule has 1 saturated carbocycles. The van der Waals surface area contributed by atoms with E-state index in [2.05, 4.69) is 10.6 Å². The van der Waals surface area contributed by atoms with Crippen molar-refractivity contribution in [2.75, 3.05) is 25.6 Å². The molecule has 3 rings (SSSR count). The maximum Gasteiger partial charge on any atom is 0.331 e. The summed E-state index contributed by atoms with van der Waals surface area (Å²) in [6.07, 6.45) is 4.66. The van der Waals surface area contributed by atoms with Crippen LogP contribution < -0.4 is 20.1 Å². The first-order chi connectivity index (χ1) is 15.9. The van der Waals surface area contributed by atoms with Crippen molar-refractivity contribution < 1.29 is 28.6 Å². The fourth-order valence-corrected chi connectivity index (χ4v) is 3.22. The zero-order valence-electron chi connectivity index (χ0n) is 18.4. The molecule has 174 valence electrons. The molecule has 0 unspecified atom stereocenters. The van der Waals surface area contributed by atoms with Crippen molar-refractivity contribution in [2.45, 2.75) is 25.8 Å². The molecular formula is C24H25ClN2O6. The lowest BCUT2D eigenvalue weighted by molar-refractivity contribution is -0.142. The average molecular weight is 473 g/mol. The SMILES string of the molecule is CCOc1cc(/C=C/C(=O)OCC(=O)Nc2cccc(C(=O)NC3CC3)c2)cc(Cl)c1OC. The number of carbonyl (C=O) groups is 3. The summed E-state index contributed by atoms with van der Waals surface area (Å²) in [4.78, 5) is 36.3. The number of esters is 1. The highest BCUT2D eigenvalue weighted by Gasteiger charge is 2.23. The van der Waals surface area contributed by atoms with Gasteiger partial charge in [-0.25, -0.2) is 4.79 Å². The Morgan fingerprint density at radius 3 is 2.67 bits per heavy atom. The number of ether oxygens (including phenoxy) is 3. The summed E-state index contributed by atoms with van der Waals surface area (Å²) in [7, 11) is 1.49. The van der Waals surface area contributed by atoms with Gasteiger partial charge >= 0.3 is 5.97 Å². The minimum Gasteiger partial charge on any atom is -0.491 e. The van der Waals surface area contributed by atoms with Crippen LogP contribution >= 0.6 is 11.6 Å². The number of rotatable bonds is 10. The smallest absolute Gasteiger partial charge is 0.331 e. The lowest BCUT2D eigenvalue weighted by Crippen LogP contribution is -2.25. The highest BCUT2D eigenvalue weighted by Crippen LogP contribution is 2.36. The Morgan fingerprint density at radius 2 is 1.97 bits per heavy atom. The fourth-order valence-electron chi connectivity index (χ4n) is 2.93. The topological polar surface area (TPSA) is 103 Å². The molecule has 0 aromatic heterocycles. The van der Waals surface area contributed by atoms with Crippen LogP contribution in [0, 0.1) is 0 Å². The van der Waals surface area contributed by atoms with Gasteiger partial charge in [0.15, 0.2) is 18.1 Å². The second kappa shape index (κ2) is 11.4. The number of nitrogens with one attached hydrogen (secondary N) is 2. The molecule has 0 radical (unpaired) electrons. The molecular weight excluding hydrogens is 448 g/mol. The third-order valence-corrected chi connectivity index (χ3v) is 4.90. The quantitative estimate of drug-likeness (QED) is 0.402. The molecule has 2 amide bonds. The third-order valence-electron chi connectivity index (χ3n) is 4.61. The minimum absolute atomic E-state index is 0.184. The van der Waals surface area contributed by atoms with Crippen LogP contribution in [-0.4, -0.2) is 44.1 Å². The first kappa shape index (κ1) is 24.1. The number of amides is 2. The third kappa shape index (κ3) is 7.25. The van der Waals surface area contributed by atoms with Crippen LogP contribution in [0.2, 0.25) is 5.02 Å². The van der Waals surface area contributed by atoms with E-state index in [4.69, 9.17) is 25.8 Å². The Labute approximate surface area is 196 Å². The standard InChI is InChI=1S/C24H25ClN2O6/c1-3-32-20-12-15(11-19(25)23(20)31-2)7-10-22(29)33-14-21(28)26-18-6-4-5-16(13-18)24(30)27-17-8-9-17/h4-7,10-13,17H,3,8-9,14H2,1-2H3,(H,26,28)(H,27,30)/b10-7+. The van der Waals surface area contributed by atoms with Crippen LogP contribution in [0.1, 0.15) is 35.7 Å². The Balaban J connectivity index is 1.52. The second-order valence-corrected chi connectivity index (χ2v) is 7.69. The molecule has 1 fully saturated rings. The zero-order valence-corrected chi connectivity index (χ0v) is 19.1. The lowest BCUT2D eigenvalue weighted by atomic mass is 10.2. The Hall–Kier alpha value is -3.52. The number of hydrogen-bond donors (Lipinski definition) is 2. The van der Waals surface area contributed by atoms with Gasteiger partial charge in [-0.05, 0) is 61.7 Å². The van der Waals surface area contributed by atoms with Crippen molar-refractivity contribution >= 4 is 41.1 Å². The number of halogens is 1. The van der Waals surface area contributed by atoms with Crippen LogP contribution in [0.5, 0.6) is 11.5 Å². The van der Waals surface area contributed by atoms with Crippen molar-refractivity contribution in [2.24, 2.45) is 0 Å². The molecule has 0 bridgehead atoms. The van der Waals surface area contributed by atoms with Crippen LogP contribution in [0.25, 0.3) is 6.08 Å². The number of benzene rings is 2. The largest absolute Gasteiger partial charge is 0.491 e. The van der Waals surface area contributed by atoms with Gasteiger partial charge in [0.2, 0.25) is 0 Å². The Kier molecular flexibility index (Phi) is 8.32. The van der Waals surface area contributed by atoms with Crippen molar-refractivity contribution in [1.29, 1.82) is 0 Å². The maximum atomic E-state index is 12.1. The number of methoxy groups -OCH3 is 1. The highest BCUT2D eigenvalue weighted by molar-refractivity contribution is 6.32. The lowest BCUT2D eigenvalue weighted by Gasteiger charge is -2.11. The summed E-state index contributed by atoms with van der Waals surface area (Å²) in [5, 5.41) is 5.83. The number of carbonyl (C=O) groups excluding carboxylic acids is 3. The van der Waals surface area contributed by atoms with Gasteiger partial charge in [0.05, 0.1) is 18.7 Å². The molecule has 0 spiro atoms. The summed E-state index contributed by atoms with van der Waals surface area (Å²) >= 11 is 6.19. The normalized spacial score (nSPS) is 12.8. The first-order valence-electron chi connectivity index (χ1n) is 10.5. The molecule has 33 heavy (non-hydrogen) atoms. The predicted octanol–water partition coefficient (Wildman–Crippen LogP) is 3.83. The molecule has 1 aliphatic carbocycles. The highest BCUT2D eigenvalue weighted by atomic mass is 35.5. The van der Waals surface area contributed by atoms with Gasteiger partial charge in [0.25, 0.3) is 11.8 Å². The molecule has 2 aromatic rings. The van der Waals surface area contributed by atoms with Crippen LogP contribution in [0.15, 0.2) is 42.5 Å². The molecule has 1 aliphatic rings. The fraction of sp³-hybridized carbons (Fsp3) is 0.292. The van der Waals surface area contributed by atoms with Gasteiger partial charge in [-0.1, -0.05) is 17.7 Å². The predicted molar refractivity (Wildman–Crippen MR) is 125 cm³/mol. The molecule has 0 heterocycles. The van der Waals surface area contributed by atoms with Crippen LogP contribution in [0.3, 0.4) is 0 Å². The van der Waals surface area contributed by atoms with Crippen molar-refractivity contribution in [1.82, 2.24) is 5.32 Å². The van der Waals surface area contributed by atoms with E-state index >= 15 is 0 Å². The maximum absolute atomic E-state index is 12.1. The monoisotopic (exact) mass is 472 g/mol.